The van der Waals surface area contributed by atoms with E-state index in [0.717, 1.165) is 25.2 Å². The van der Waals surface area contributed by atoms with Gasteiger partial charge in [-0.25, -0.2) is 0 Å². The predicted octanol–water partition coefficient (Wildman–Crippen LogP) is 3.44. The fraction of sp³-hybridized carbons (Fsp3) is 0.533. The van der Waals surface area contributed by atoms with Gasteiger partial charge in [0, 0.05) is 0 Å². The van der Waals surface area contributed by atoms with Crippen LogP contribution in [0.4, 0.5) is 0 Å². The second kappa shape index (κ2) is 5.01. The number of carboxylic acid groups (broad SMARTS) is 1. The van der Waals surface area contributed by atoms with Crippen LogP contribution >= 0.6 is 0 Å². The topological polar surface area (TPSA) is 46.5 Å². The maximum atomic E-state index is 10.9. The van der Waals surface area contributed by atoms with Crippen molar-refractivity contribution in [1.82, 2.24) is 0 Å². The van der Waals surface area contributed by atoms with E-state index in [1.807, 2.05) is 32.0 Å². The molecule has 1 atom stereocenters. The quantitative estimate of drug-likeness (QED) is 0.887. The number of carboxylic acids is 1. The van der Waals surface area contributed by atoms with Crippen molar-refractivity contribution in [3.8, 4) is 5.75 Å². The first kappa shape index (κ1) is 12.9. The normalized spacial score (nSPS) is 18.9. The molecule has 2 rings (SSSR count). The number of hydrogen-bond donors (Lipinski definition) is 1. The van der Waals surface area contributed by atoms with Gasteiger partial charge in [-0.05, 0) is 35.8 Å². The lowest BCUT2D eigenvalue weighted by atomic mass is 9.76. The Kier molecular flexibility index (Phi) is 3.60. The number of carbonyl (C=O) groups is 1. The Balaban J connectivity index is 2.14. The van der Waals surface area contributed by atoms with Gasteiger partial charge in [-0.15, -0.1) is 0 Å². The Labute approximate surface area is 108 Å². The third kappa shape index (κ3) is 3.03. The summed E-state index contributed by atoms with van der Waals surface area (Å²) >= 11 is 0. The number of fused-ring (bicyclic) bond motifs is 1. The van der Waals surface area contributed by atoms with Crippen molar-refractivity contribution in [1.29, 1.82) is 0 Å². The Hall–Kier alpha value is -1.51. The molecule has 1 N–H and O–H groups in total. The summed E-state index contributed by atoms with van der Waals surface area (Å²) in [5.41, 5.74) is 1.04. The number of aliphatic carboxylic acids is 1. The van der Waals surface area contributed by atoms with E-state index in [1.165, 1.54) is 5.56 Å². The second-order valence-corrected chi connectivity index (χ2v) is 5.81. The number of para-hydroxylation sites is 1. The molecule has 98 valence electrons. The van der Waals surface area contributed by atoms with E-state index in [4.69, 9.17) is 9.84 Å². The highest BCUT2D eigenvalue weighted by Crippen LogP contribution is 2.41. The highest BCUT2D eigenvalue weighted by Gasteiger charge is 2.30. The molecule has 0 radical (unpaired) electrons. The first-order chi connectivity index (χ1) is 8.48. The van der Waals surface area contributed by atoms with E-state index in [-0.39, 0.29) is 11.8 Å². The summed E-state index contributed by atoms with van der Waals surface area (Å²) in [6.07, 6.45) is 2.08. The van der Waals surface area contributed by atoms with Crippen LogP contribution in [0, 0.1) is 5.41 Å². The summed E-state index contributed by atoms with van der Waals surface area (Å²) in [5, 5.41) is 8.95. The molecule has 0 spiro atoms. The van der Waals surface area contributed by atoms with Gasteiger partial charge in [0.1, 0.15) is 5.75 Å². The number of benzene rings is 1. The van der Waals surface area contributed by atoms with E-state index >= 15 is 0 Å². The standard InChI is InChI=1S/C15H20O3/c1-15(2,10-14(16)17)9-11-7-8-18-13-6-4-3-5-12(11)13/h3-6,11H,7-10H2,1-2H3,(H,16,17). The fourth-order valence-electron chi connectivity index (χ4n) is 2.78. The van der Waals surface area contributed by atoms with Crippen LogP contribution in [-0.4, -0.2) is 17.7 Å². The summed E-state index contributed by atoms with van der Waals surface area (Å²) in [4.78, 5) is 10.9. The van der Waals surface area contributed by atoms with Gasteiger partial charge < -0.3 is 9.84 Å². The molecule has 0 aliphatic carbocycles. The molecule has 18 heavy (non-hydrogen) atoms. The van der Waals surface area contributed by atoms with Crippen molar-refractivity contribution in [3.63, 3.8) is 0 Å². The molecule has 0 fully saturated rings. The molecule has 1 aliphatic rings. The molecule has 1 unspecified atom stereocenters. The van der Waals surface area contributed by atoms with E-state index in [1.54, 1.807) is 0 Å². The van der Waals surface area contributed by atoms with Crippen LogP contribution in [0.5, 0.6) is 5.75 Å². The lowest BCUT2D eigenvalue weighted by Gasteiger charge is -2.32. The molecular formula is C15H20O3. The zero-order valence-corrected chi connectivity index (χ0v) is 11.0. The minimum atomic E-state index is -0.722. The van der Waals surface area contributed by atoms with Gasteiger partial charge in [-0.2, -0.15) is 0 Å². The lowest BCUT2D eigenvalue weighted by molar-refractivity contribution is -0.139. The Bertz CT molecular complexity index is 437. The van der Waals surface area contributed by atoms with Crippen LogP contribution in [0.1, 0.15) is 44.6 Å². The average molecular weight is 248 g/mol. The van der Waals surface area contributed by atoms with Crippen LogP contribution in [0.15, 0.2) is 24.3 Å². The second-order valence-electron chi connectivity index (χ2n) is 5.81. The molecular weight excluding hydrogens is 228 g/mol. The van der Waals surface area contributed by atoms with Gasteiger partial charge in [-0.3, -0.25) is 4.79 Å². The van der Waals surface area contributed by atoms with Crippen molar-refractivity contribution < 1.29 is 14.6 Å². The first-order valence-corrected chi connectivity index (χ1v) is 6.41. The summed E-state index contributed by atoms with van der Waals surface area (Å²) in [5.74, 6) is 0.643. The van der Waals surface area contributed by atoms with E-state index in [2.05, 4.69) is 6.07 Å². The van der Waals surface area contributed by atoms with Crippen LogP contribution in [0.3, 0.4) is 0 Å². The van der Waals surface area contributed by atoms with Crippen LogP contribution in [0.2, 0.25) is 0 Å². The maximum Gasteiger partial charge on any atom is 0.303 e. The third-order valence-electron chi connectivity index (χ3n) is 3.51. The number of hydrogen-bond acceptors (Lipinski definition) is 2. The molecule has 0 saturated carbocycles. The molecule has 3 nitrogen and oxygen atoms in total. The molecule has 1 aliphatic heterocycles. The number of ether oxygens (including phenoxy) is 1. The van der Waals surface area contributed by atoms with E-state index in [9.17, 15) is 4.79 Å². The van der Waals surface area contributed by atoms with Gasteiger partial charge in [-0.1, -0.05) is 32.0 Å². The summed E-state index contributed by atoms with van der Waals surface area (Å²) < 4.78 is 5.63. The van der Waals surface area contributed by atoms with Gasteiger partial charge in [0.05, 0.1) is 13.0 Å². The molecule has 1 aromatic rings. The molecule has 0 aromatic heterocycles. The zero-order chi connectivity index (χ0) is 13.2. The van der Waals surface area contributed by atoms with Gasteiger partial charge in [0.15, 0.2) is 0 Å². The Morgan fingerprint density at radius 2 is 2.17 bits per heavy atom. The van der Waals surface area contributed by atoms with Crippen molar-refractivity contribution in [3.05, 3.63) is 29.8 Å². The lowest BCUT2D eigenvalue weighted by Crippen LogP contribution is -2.23. The van der Waals surface area contributed by atoms with Gasteiger partial charge in [0.25, 0.3) is 0 Å². The van der Waals surface area contributed by atoms with Gasteiger partial charge >= 0.3 is 5.97 Å². The summed E-state index contributed by atoms with van der Waals surface area (Å²) in [7, 11) is 0. The monoisotopic (exact) mass is 248 g/mol. The van der Waals surface area contributed by atoms with Crippen molar-refractivity contribution in [2.45, 2.75) is 39.0 Å². The van der Waals surface area contributed by atoms with Gasteiger partial charge in [0.2, 0.25) is 0 Å². The fourth-order valence-corrected chi connectivity index (χ4v) is 2.78. The first-order valence-electron chi connectivity index (χ1n) is 6.41. The minimum absolute atomic E-state index is 0.180. The van der Waals surface area contributed by atoms with Crippen molar-refractivity contribution in [2.75, 3.05) is 6.61 Å². The van der Waals surface area contributed by atoms with Crippen LogP contribution < -0.4 is 4.74 Å². The maximum absolute atomic E-state index is 10.9. The van der Waals surface area contributed by atoms with Crippen LogP contribution in [0.25, 0.3) is 0 Å². The molecule has 0 amide bonds. The Morgan fingerprint density at radius 1 is 1.44 bits per heavy atom. The molecule has 3 heteroatoms. The van der Waals surface area contributed by atoms with Crippen molar-refractivity contribution in [2.24, 2.45) is 5.41 Å². The highest BCUT2D eigenvalue weighted by atomic mass is 16.5. The third-order valence-corrected chi connectivity index (χ3v) is 3.51. The smallest absolute Gasteiger partial charge is 0.303 e. The number of rotatable bonds is 4. The minimum Gasteiger partial charge on any atom is -0.493 e. The predicted molar refractivity (Wildman–Crippen MR) is 69.9 cm³/mol. The zero-order valence-electron chi connectivity index (χ0n) is 11.0. The van der Waals surface area contributed by atoms with E-state index in [0.29, 0.717) is 5.92 Å². The average Bonchev–Trinajstić information content (AvgIpc) is 2.27. The highest BCUT2D eigenvalue weighted by molar-refractivity contribution is 5.67. The molecule has 0 bridgehead atoms. The molecule has 0 saturated heterocycles. The largest absolute Gasteiger partial charge is 0.493 e. The van der Waals surface area contributed by atoms with E-state index < -0.39 is 5.97 Å². The molecule has 1 heterocycles. The van der Waals surface area contributed by atoms with Crippen LogP contribution in [-0.2, 0) is 4.79 Å². The summed E-state index contributed by atoms with van der Waals surface area (Å²) in [6.45, 7) is 4.78. The summed E-state index contributed by atoms with van der Waals surface area (Å²) in [6, 6.07) is 8.08. The SMILES string of the molecule is CC(C)(CC(=O)O)CC1CCOc2ccccc21. The van der Waals surface area contributed by atoms with Crippen molar-refractivity contribution >= 4 is 5.97 Å². The molecule has 1 aromatic carbocycles. The Morgan fingerprint density at radius 3 is 2.89 bits per heavy atom.